The molecule has 3 aliphatic rings. The molecular formula is C26H31F2N3O2. The van der Waals surface area contributed by atoms with Crippen molar-refractivity contribution in [3.8, 4) is 5.75 Å². The monoisotopic (exact) mass is 455 g/mol. The summed E-state index contributed by atoms with van der Waals surface area (Å²) in [6.45, 7) is 2.25. The normalized spacial score (nSPS) is 22.1. The van der Waals surface area contributed by atoms with Crippen LogP contribution in [0.1, 0.15) is 58.6 Å². The number of piperidine rings is 2. The lowest BCUT2D eigenvalue weighted by molar-refractivity contribution is -0.0508. The quantitative estimate of drug-likeness (QED) is 0.703. The lowest BCUT2D eigenvalue weighted by Gasteiger charge is -2.32. The van der Waals surface area contributed by atoms with Gasteiger partial charge in [-0.25, -0.2) is 0 Å². The summed E-state index contributed by atoms with van der Waals surface area (Å²) in [6.07, 6.45) is 4.22. The Balaban J connectivity index is 1.20. The highest BCUT2D eigenvalue weighted by molar-refractivity contribution is 5.98. The number of likely N-dealkylation sites (tertiary alicyclic amines) is 1. The molecule has 7 heteroatoms. The van der Waals surface area contributed by atoms with Crippen molar-refractivity contribution in [2.24, 2.45) is 0 Å². The number of alkyl halides is 2. The number of rotatable bonds is 6. The summed E-state index contributed by atoms with van der Waals surface area (Å²) < 4.78 is 30.1. The van der Waals surface area contributed by atoms with Crippen molar-refractivity contribution < 1.29 is 18.3 Å². The van der Waals surface area contributed by atoms with Crippen LogP contribution in [0.2, 0.25) is 0 Å². The van der Waals surface area contributed by atoms with Gasteiger partial charge in [-0.3, -0.25) is 9.69 Å². The Kier molecular flexibility index (Phi) is 6.60. The van der Waals surface area contributed by atoms with Crippen LogP contribution in [0.4, 0.5) is 8.78 Å². The predicted octanol–water partition coefficient (Wildman–Crippen LogP) is 4.38. The maximum absolute atomic E-state index is 12.9. The molecule has 1 atom stereocenters. The number of para-hydroxylation sites is 1. The molecule has 5 nitrogen and oxygen atoms in total. The second-order valence-electron chi connectivity index (χ2n) is 9.39. The number of fused-ring (bicyclic) bond motifs is 1. The van der Waals surface area contributed by atoms with Crippen LogP contribution in [0.5, 0.6) is 5.75 Å². The van der Waals surface area contributed by atoms with Gasteiger partial charge in [-0.1, -0.05) is 30.3 Å². The number of ether oxygens (including phenoxy) is 1. The maximum atomic E-state index is 12.9. The van der Waals surface area contributed by atoms with Gasteiger partial charge >= 0.3 is 6.61 Å². The fourth-order valence-corrected chi connectivity index (χ4v) is 5.52. The Morgan fingerprint density at radius 2 is 1.91 bits per heavy atom. The number of benzene rings is 2. The summed E-state index contributed by atoms with van der Waals surface area (Å²) in [6, 6.07) is 13.7. The van der Waals surface area contributed by atoms with Crippen LogP contribution in [0, 0.1) is 0 Å². The minimum atomic E-state index is -2.81. The van der Waals surface area contributed by atoms with Crippen molar-refractivity contribution >= 4 is 5.91 Å². The molecule has 1 amide bonds. The topological polar surface area (TPSA) is 44.8 Å². The Labute approximate surface area is 193 Å². The fraction of sp³-hybridized carbons (Fsp3) is 0.500. The van der Waals surface area contributed by atoms with Crippen LogP contribution in [0.3, 0.4) is 0 Å². The summed E-state index contributed by atoms with van der Waals surface area (Å²) in [5.41, 5.74) is 4.12. The molecule has 0 aromatic heterocycles. The molecule has 1 unspecified atom stereocenters. The molecule has 0 radical (unpaired) electrons. The zero-order valence-corrected chi connectivity index (χ0v) is 18.8. The zero-order valence-electron chi connectivity index (χ0n) is 18.8. The average molecular weight is 456 g/mol. The molecule has 33 heavy (non-hydrogen) atoms. The van der Waals surface area contributed by atoms with E-state index in [0.717, 1.165) is 68.6 Å². The highest BCUT2D eigenvalue weighted by Crippen LogP contribution is 2.34. The first-order valence-electron chi connectivity index (χ1n) is 12.0. The molecule has 2 aromatic rings. The van der Waals surface area contributed by atoms with E-state index in [4.69, 9.17) is 0 Å². The number of amides is 1. The third-order valence-electron chi connectivity index (χ3n) is 7.31. The average Bonchev–Trinajstić information content (AvgIpc) is 3.17. The van der Waals surface area contributed by atoms with Crippen LogP contribution >= 0.6 is 0 Å². The largest absolute Gasteiger partial charge is 0.434 e. The third kappa shape index (κ3) is 4.89. The summed E-state index contributed by atoms with van der Waals surface area (Å²) in [5.74, 6) is 0.889. The molecule has 3 heterocycles. The summed E-state index contributed by atoms with van der Waals surface area (Å²) >= 11 is 0. The summed E-state index contributed by atoms with van der Waals surface area (Å²) in [5, 5.41) is 3.41. The first-order chi connectivity index (χ1) is 16.1. The molecule has 3 aliphatic heterocycles. The van der Waals surface area contributed by atoms with E-state index in [1.807, 2.05) is 23.1 Å². The standard InChI is InChI=1S/C26H31F2N3O2/c27-26(28)33-24-6-2-1-4-20(24)16-30-12-9-18(10-13-30)19-7-8-23-21(14-19)17-31(25(23)32)22-5-3-11-29-15-22/h1-2,4,6-8,14,18,22,26,29H,3,5,9-13,15-17H2. The Morgan fingerprint density at radius 3 is 2.67 bits per heavy atom. The van der Waals surface area contributed by atoms with Crippen molar-refractivity contribution in [2.75, 3.05) is 26.2 Å². The molecule has 2 fully saturated rings. The minimum Gasteiger partial charge on any atom is -0.434 e. The van der Waals surface area contributed by atoms with Crippen LogP contribution in [-0.4, -0.2) is 54.5 Å². The maximum Gasteiger partial charge on any atom is 0.387 e. The van der Waals surface area contributed by atoms with E-state index in [-0.39, 0.29) is 11.7 Å². The van der Waals surface area contributed by atoms with Gasteiger partial charge in [0.15, 0.2) is 0 Å². The van der Waals surface area contributed by atoms with Crippen LogP contribution in [-0.2, 0) is 13.1 Å². The van der Waals surface area contributed by atoms with Gasteiger partial charge in [0.2, 0.25) is 0 Å². The van der Waals surface area contributed by atoms with E-state index in [9.17, 15) is 13.6 Å². The van der Waals surface area contributed by atoms with E-state index in [0.29, 0.717) is 25.0 Å². The van der Waals surface area contributed by atoms with Gasteiger partial charge in [0, 0.05) is 36.8 Å². The van der Waals surface area contributed by atoms with Gasteiger partial charge in [0.1, 0.15) is 5.75 Å². The highest BCUT2D eigenvalue weighted by atomic mass is 19.3. The highest BCUT2D eigenvalue weighted by Gasteiger charge is 2.34. The number of carbonyl (C=O) groups is 1. The number of nitrogens with zero attached hydrogens (tertiary/aromatic N) is 2. The minimum absolute atomic E-state index is 0.171. The smallest absolute Gasteiger partial charge is 0.387 e. The van der Waals surface area contributed by atoms with Gasteiger partial charge in [-0.05, 0) is 74.5 Å². The van der Waals surface area contributed by atoms with Crippen molar-refractivity contribution in [3.05, 3.63) is 64.7 Å². The molecule has 2 saturated heterocycles. The van der Waals surface area contributed by atoms with Crippen molar-refractivity contribution in [3.63, 3.8) is 0 Å². The number of hydrogen-bond acceptors (Lipinski definition) is 4. The van der Waals surface area contributed by atoms with Gasteiger partial charge in [0.05, 0.1) is 0 Å². The van der Waals surface area contributed by atoms with Crippen molar-refractivity contribution in [2.45, 2.75) is 57.3 Å². The fourth-order valence-electron chi connectivity index (χ4n) is 5.52. The first kappa shape index (κ1) is 22.3. The lowest BCUT2D eigenvalue weighted by atomic mass is 9.87. The van der Waals surface area contributed by atoms with Gasteiger partial charge in [0.25, 0.3) is 5.91 Å². The Bertz CT molecular complexity index is 985. The van der Waals surface area contributed by atoms with Gasteiger partial charge in [-0.2, -0.15) is 8.78 Å². The first-order valence-corrected chi connectivity index (χ1v) is 12.0. The van der Waals surface area contributed by atoms with E-state index < -0.39 is 6.61 Å². The SMILES string of the molecule is O=C1c2ccc(C3CCN(Cc4ccccc4OC(F)F)CC3)cc2CN1C1CCCNC1. The molecule has 176 valence electrons. The molecule has 0 spiro atoms. The Hall–Kier alpha value is -2.51. The third-order valence-corrected chi connectivity index (χ3v) is 7.31. The number of hydrogen-bond donors (Lipinski definition) is 1. The molecular weight excluding hydrogens is 424 g/mol. The second kappa shape index (κ2) is 9.77. The number of carbonyl (C=O) groups excluding carboxylic acids is 1. The number of nitrogens with one attached hydrogen (secondary N) is 1. The predicted molar refractivity (Wildman–Crippen MR) is 123 cm³/mol. The van der Waals surface area contributed by atoms with E-state index in [2.05, 4.69) is 27.1 Å². The van der Waals surface area contributed by atoms with Crippen LogP contribution < -0.4 is 10.1 Å². The van der Waals surface area contributed by atoms with Crippen molar-refractivity contribution in [1.82, 2.24) is 15.1 Å². The summed E-state index contributed by atoms with van der Waals surface area (Å²) in [4.78, 5) is 17.3. The van der Waals surface area contributed by atoms with Gasteiger partial charge in [-0.15, -0.1) is 0 Å². The number of halogens is 2. The molecule has 5 rings (SSSR count). The zero-order chi connectivity index (χ0) is 22.8. The van der Waals surface area contributed by atoms with Crippen molar-refractivity contribution in [1.29, 1.82) is 0 Å². The molecule has 2 aromatic carbocycles. The van der Waals surface area contributed by atoms with E-state index in [1.54, 1.807) is 12.1 Å². The van der Waals surface area contributed by atoms with Crippen LogP contribution in [0.15, 0.2) is 42.5 Å². The summed E-state index contributed by atoms with van der Waals surface area (Å²) in [7, 11) is 0. The van der Waals surface area contributed by atoms with Crippen LogP contribution in [0.25, 0.3) is 0 Å². The second-order valence-corrected chi connectivity index (χ2v) is 9.39. The molecule has 0 aliphatic carbocycles. The van der Waals surface area contributed by atoms with E-state index >= 15 is 0 Å². The molecule has 1 N–H and O–H groups in total. The van der Waals surface area contributed by atoms with Gasteiger partial charge < -0.3 is 15.0 Å². The molecule has 0 bridgehead atoms. The molecule has 0 saturated carbocycles. The Morgan fingerprint density at radius 1 is 1.09 bits per heavy atom. The lowest BCUT2D eigenvalue weighted by Crippen LogP contribution is -2.46. The van der Waals surface area contributed by atoms with E-state index in [1.165, 1.54) is 5.56 Å².